The van der Waals surface area contributed by atoms with Gasteiger partial charge < -0.3 is 4.90 Å². The molecule has 0 bridgehead atoms. The van der Waals surface area contributed by atoms with Crippen molar-refractivity contribution in [3.8, 4) is 0 Å². The van der Waals surface area contributed by atoms with E-state index in [1.54, 1.807) is 0 Å². The van der Waals surface area contributed by atoms with E-state index in [4.69, 9.17) is 22.2 Å². The Kier molecular flexibility index (Phi) is 4.83. The first-order valence-electron chi connectivity index (χ1n) is 6.95. The molecule has 0 saturated heterocycles. The van der Waals surface area contributed by atoms with Gasteiger partial charge in [-0.1, -0.05) is 54.6 Å². The Morgan fingerprint density at radius 2 is 1.05 bits per heavy atom. The SMILES string of the molecule is Cl[Si](Cl)c1ccccc1N(c1ccccc1)c1ccccc1. The zero-order chi connectivity index (χ0) is 15.4. The maximum Gasteiger partial charge on any atom is 0.309 e. The smallest absolute Gasteiger partial charge is 0.309 e. The van der Waals surface area contributed by atoms with Gasteiger partial charge >= 0.3 is 7.42 Å². The number of rotatable bonds is 4. The molecule has 0 aliphatic heterocycles. The minimum absolute atomic E-state index is 0.989. The van der Waals surface area contributed by atoms with Gasteiger partial charge in [0.1, 0.15) is 0 Å². The third-order valence-corrected chi connectivity index (χ3v) is 5.43. The topological polar surface area (TPSA) is 3.24 Å². The van der Waals surface area contributed by atoms with Crippen molar-refractivity contribution in [3.05, 3.63) is 84.9 Å². The molecule has 0 amide bonds. The van der Waals surface area contributed by atoms with Crippen LogP contribution >= 0.6 is 22.2 Å². The van der Waals surface area contributed by atoms with E-state index in [0.717, 1.165) is 22.2 Å². The second-order valence-corrected chi connectivity index (χ2v) is 8.69. The number of hydrogen-bond donors (Lipinski definition) is 0. The molecular weight excluding hydrogens is 329 g/mol. The minimum Gasteiger partial charge on any atom is -0.311 e. The van der Waals surface area contributed by atoms with Crippen LogP contribution in [0.2, 0.25) is 0 Å². The maximum absolute atomic E-state index is 6.27. The normalized spacial score (nSPS) is 10.7. The van der Waals surface area contributed by atoms with Crippen molar-refractivity contribution in [3.63, 3.8) is 0 Å². The van der Waals surface area contributed by atoms with Crippen LogP contribution in [0.4, 0.5) is 17.1 Å². The van der Waals surface area contributed by atoms with Gasteiger partial charge in [0.15, 0.2) is 0 Å². The van der Waals surface area contributed by atoms with E-state index in [-0.39, 0.29) is 0 Å². The van der Waals surface area contributed by atoms with Crippen LogP contribution in [0.5, 0.6) is 0 Å². The summed E-state index contributed by atoms with van der Waals surface area (Å²) in [7, 11) is -1.60. The molecule has 3 rings (SSSR count). The predicted molar refractivity (Wildman–Crippen MR) is 98.2 cm³/mol. The molecule has 0 fully saturated rings. The lowest BCUT2D eigenvalue weighted by Gasteiger charge is -2.27. The van der Waals surface area contributed by atoms with Crippen LogP contribution in [0.15, 0.2) is 84.9 Å². The highest BCUT2D eigenvalue weighted by Gasteiger charge is 2.19. The van der Waals surface area contributed by atoms with E-state index < -0.39 is 7.42 Å². The van der Waals surface area contributed by atoms with Gasteiger partial charge in [-0.15, -0.1) is 22.2 Å². The molecular formula is C18H14Cl2NSi. The Bertz CT molecular complexity index is 693. The molecule has 0 atom stereocenters. The minimum atomic E-state index is -1.60. The fraction of sp³-hybridized carbons (Fsp3) is 0. The van der Waals surface area contributed by atoms with Crippen LogP contribution in [-0.4, -0.2) is 7.42 Å². The lowest BCUT2D eigenvalue weighted by atomic mass is 10.2. The fourth-order valence-corrected chi connectivity index (χ4v) is 3.98. The third kappa shape index (κ3) is 3.19. The van der Waals surface area contributed by atoms with Crippen LogP contribution in [0.1, 0.15) is 0 Å². The average Bonchev–Trinajstić information content (AvgIpc) is 2.57. The Morgan fingerprint density at radius 1 is 0.591 bits per heavy atom. The molecule has 22 heavy (non-hydrogen) atoms. The summed E-state index contributed by atoms with van der Waals surface area (Å²) >= 11 is 12.5. The van der Waals surface area contributed by atoms with Crippen molar-refractivity contribution >= 4 is 51.8 Å². The zero-order valence-electron chi connectivity index (χ0n) is 11.8. The number of halogens is 2. The number of hydrogen-bond acceptors (Lipinski definition) is 1. The summed E-state index contributed by atoms with van der Waals surface area (Å²) in [5.74, 6) is 0. The second kappa shape index (κ2) is 7.01. The zero-order valence-corrected chi connectivity index (χ0v) is 14.3. The largest absolute Gasteiger partial charge is 0.311 e. The number of para-hydroxylation sites is 3. The predicted octanol–water partition coefficient (Wildman–Crippen LogP) is 5.33. The van der Waals surface area contributed by atoms with Crippen LogP contribution in [0.25, 0.3) is 0 Å². The van der Waals surface area contributed by atoms with Gasteiger partial charge in [0, 0.05) is 17.1 Å². The van der Waals surface area contributed by atoms with E-state index in [1.165, 1.54) is 0 Å². The second-order valence-electron chi connectivity index (χ2n) is 4.78. The average molecular weight is 343 g/mol. The molecule has 4 heteroatoms. The molecule has 0 unspecified atom stereocenters. The molecule has 3 aromatic rings. The highest BCUT2D eigenvalue weighted by molar-refractivity contribution is 7.39. The molecule has 1 nitrogen and oxygen atoms in total. The van der Waals surface area contributed by atoms with Gasteiger partial charge in [-0.3, -0.25) is 0 Å². The highest BCUT2D eigenvalue weighted by Crippen LogP contribution is 2.33. The highest BCUT2D eigenvalue weighted by atomic mass is 35.7. The molecule has 0 aliphatic rings. The Morgan fingerprint density at radius 3 is 1.55 bits per heavy atom. The first-order valence-corrected chi connectivity index (χ1v) is 10.5. The summed E-state index contributed by atoms with van der Waals surface area (Å²) in [6.45, 7) is 0. The van der Waals surface area contributed by atoms with Crippen molar-refractivity contribution in [1.82, 2.24) is 0 Å². The first-order chi connectivity index (χ1) is 10.8. The molecule has 0 N–H and O–H groups in total. The summed E-state index contributed by atoms with van der Waals surface area (Å²) in [6.07, 6.45) is 0. The van der Waals surface area contributed by atoms with Crippen LogP contribution in [0.3, 0.4) is 0 Å². The van der Waals surface area contributed by atoms with Crippen molar-refractivity contribution in [2.45, 2.75) is 0 Å². The van der Waals surface area contributed by atoms with Gasteiger partial charge in [0.2, 0.25) is 0 Å². The Labute approximate surface area is 141 Å². The van der Waals surface area contributed by atoms with Gasteiger partial charge in [0.05, 0.1) is 0 Å². The summed E-state index contributed by atoms with van der Waals surface area (Å²) < 4.78 is 0. The van der Waals surface area contributed by atoms with E-state index >= 15 is 0 Å². The van der Waals surface area contributed by atoms with E-state index in [1.807, 2.05) is 54.6 Å². The van der Waals surface area contributed by atoms with E-state index in [2.05, 4.69) is 35.2 Å². The summed E-state index contributed by atoms with van der Waals surface area (Å²) in [4.78, 5) is 2.19. The van der Waals surface area contributed by atoms with E-state index in [9.17, 15) is 0 Å². The Hall–Kier alpha value is -1.74. The molecule has 0 saturated carbocycles. The van der Waals surface area contributed by atoms with Crippen molar-refractivity contribution in [2.24, 2.45) is 0 Å². The standard InChI is InChI=1S/C18H14Cl2NSi/c19-22(20)18-14-8-7-13-17(18)21(15-9-3-1-4-10-15)16-11-5-2-6-12-16/h1-14H. The summed E-state index contributed by atoms with van der Waals surface area (Å²) in [5.41, 5.74) is 3.19. The molecule has 0 heterocycles. The lowest BCUT2D eigenvalue weighted by molar-refractivity contribution is 1.29. The fourth-order valence-electron chi connectivity index (χ4n) is 2.41. The summed E-state index contributed by atoms with van der Waals surface area (Å²) in [6, 6.07) is 28.5. The molecule has 0 aromatic heterocycles. The molecule has 109 valence electrons. The molecule has 1 radical (unpaired) electrons. The Balaban J connectivity index is 2.19. The van der Waals surface area contributed by atoms with Gasteiger partial charge in [-0.05, 0) is 35.5 Å². The van der Waals surface area contributed by atoms with Crippen LogP contribution in [0, 0.1) is 0 Å². The van der Waals surface area contributed by atoms with Crippen molar-refractivity contribution in [1.29, 1.82) is 0 Å². The van der Waals surface area contributed by atoms with Crippen LogP contribution in [-0.2, 0) is 0 Å². The van der Waals surface area contributed by atoms with Gasteiger partial charge in [-0.2, -0.15) is 0 Å². The molecule has 3 aromatic carbocycles. The van der Waals surface area contributed by atoms with Gasteiger partial charge in [0.25, 0.3) is 0 Å². The number of anilines is 3. The van der Waals surface area contributed by atoms with Gasteiger partial charge in [-0.25, -0.2) is 0 Å². The first kappa shape index (κ1) is 15.2. The quantitative estimate of drug-likeness (QED) is 0.457. The van der Waals surface area contributed by atoms with Crippen molar-refractivity contribution in [2.75, 3.05) is 4.90 Å². The molecule has 0 spiro atoms. The van der Waals surface area contributed by atoms with Crippen LogP contribution < -0.4 is 10.1 Å². The lowest BCUT2D eigenvalue weighted by Crippen LogP contribution is -2.26. The third-order valence-electron chi connectivity index (χ3n) is 3.38. The number of nitrogens with zero attached hydrogens (tertiary/aromatic N) is 1. The van der Waals surface area contributed by atoms with E-state index in [0.29, 0.717) is 0 Å². The number of benzene rings is 3. The molecule has 0 aliphatic carbocycles. The maximum atomic E-state index is 6.27. The summed E-state index contributed by atoms with van der Waals surface area (Å²) in [5, 5.41) is 0.989. The monoisotopic (exact) mass is 342 g/mol. The van der Waals surface area contributed by atoms with Crippen molar-refractivity contribution < 1.29 is 0 Å².